The first-order valence-corrected chi connectivity index (χ1v) is 4.85. The normalized spacial score (nSPS) is 7.00. The number of rotatable bonds is 3. The monoisotopic (exact) mass is 264 g/mol. The molecule has 0 aromatic rings. The Hall–Kier alpha value is -1.75. The third-order valence-electron chi connectivity index (χ3n) is 0.760. The van der Waals surface area contributed by atoms with Crippen LogP contribution in [0.3, 0.4) is 0 Å². The number of carbonyl (C=O) groups is 2. The highest BCUT2D eigenvalue weighted by molar-refractivity contribution is 6.25. The van der Waals surface area contributed by atoms with Crippen molar-refractivity contribution in [3.63, 3.8) is 0 Å². The maximum Gasteiger partial charge on any atom is 0.372 e. The van der Waals surface area contributed by atoms with Crippen molar-refractivity contribution in [1.82, 2.24) is 0 Å². The lowest BCUT2D eigenvalue weighted by molar-refractivity contribution is -0.141. The minimum atomic E-state index is -0.757. The number of hydrogen-bond acceptors (Lipinski definition) is 5. The van der Waals surface area contributed by atoms with Crippen molar-refractivity contribution >= 4 is 23.5 Å². The smallest absolute Gasteiger partial charge is 0.372 e. The molecule has 1 N–H and O–H groups in total. The Morgan fingerprint density at radius 3 is 1.88 bits per heavy atom. The number of halogens is 1. The second kappa shape index (κ2) is 16.7. The van der Waals surface area contributed by atoms with Gasteiger partial charge in [-0.25, -0.2) is 4.79 Å². The summed E-state index contributed by atoms with van der Waals surface area (Å²) >= 11 is 4.76. The molecule has 0 rings (SSSR count). The molecule has 0 aromatic heterocycles. The summed E-state index contributed by atoms with van der Waals surface area (Å²) < 4.78 is 8.48. The molecule has 17 heavy (non-hydrogen) atoms. The quantitative estimate of drug-likeness (QED) is 0.482. The Morgan fingerprint density at radius 2 is 1.82 bits per heavy atom. The fourth-order valence-electron chi connectivity index (χ4n) is 0.332. The van der Waals surface area contributed by atoms with Gasteiger partial charge in [0.15, 0.2) is 5.76 Å². The number of carbonyl (C=O) groups excluding carboxylic acids is 2. The van der Waals surface area contributed by atoms with Crippen molar-refractivity contribution in [3.8, 4) is 0 Å². The van der Waals surface area contributed by atoms with Crippen LogP contribution in [0.5, 0.6) is 0 Å². The SMILES string of the molecule is C=C(O)C(=O)OCC.C=CCl.C=COC(C)=O. The van der Waals surface area contributed by atoms with Crippen LogP contribution in [0.4, 0.5) is 0 Å². The van der Waals surface area contributed by atoms with E-state index in [1.165, 1.54) is 12.5 Å². The maximum absolute atomic E-state index is 10.2. The molecule has 0 radical (unpaired) electrons. The van der Waals surface area contributed by atoms with E-state index in [1.54, 1.807) is 6.92 Å². The number of hydrogen-bond donors (Lipinski definition) is 1. The molecule has 0 aliphatic rings. The summed E-state index contributed by atoms with van der Waals surface area (Å²) in [7, 11) is 0. The number of ether oxygens (including phenoxy) is 2. The third kappa shape index (κ3) is 31.4. The Labute approximate surface area is 106 Å². The molecule has 0 saturated heterocycles. The number of aliphatic hydroxyl groups excluding tert-OH is 1. The van der Waals surface area contributed by atoms with Crippen LogP contribution in [0.2, 0.25) is 0 Å². The molecule has 6 heteroatoms. The molecule has 0 fully saturated rings. The summed E-state index contributed by atoms with van der Waals surface area (Å²) in [4.78, 5) is 19.9. The zero-order chi connectivity index (χ0) is 14.3. The minimum Gasteiger partial charge on any atom is -0.502 e. The van der Waals surface area contributed by atoms with Crippen LogP contribution in [0, 0.1) is 0 Å². The molecule has 0 bridgehead atoms. The van der Waals surface area contributed by atoms with Gasteiger partial charge in [0.25, 0.3) is 0 Å². The molecule has 0 aliphatic carbocycles. The van der Waals surface area contributed by atoms with Gasteiger partial charge in [0.2, 0.25) is 0 Å². The molecule has 0 heterocycles. The highest BCUT2D eigenvalue weighted by atomic mass is 35.5. The fraction of sp³-hybridized carbons (Fsp3) is 0.273. The zero-order valence-corrected chi connectivity index (χ0v) is 10.7. The predicted octanol–water partition coefficient (Wildman–Crippen LogP) is 2.68. The van der Waals surface area contributed by atoms with Crippen molar-refractivity contribution < 1.29 is 24.2 Å². The van der Waals surface area contributed by atoms with Crippen molar-refractivity contribution in [2.45, 2.75) is 13.8 Å². The predicted molar refractivity (Wildman–Crippen MR) is 66.4 cm³/mol. The van der Waals surface area contributed by atoms with Crippen LogP contribution in [0.15, 0.2) is 37.3 Å². The van der Waals surface area contributed by atoms with Crippen LogP contribution < -0.4 is 0 Å². The van der Waals surface area contributed by atoms with E-state index in [-0.39, 0.29) is 12.6 Å². The minimum absolute atomic E-state index is 0.262. The van der Waals surface area contributed by atoms with Crippen molar-refractivity contribution in [2.75, 3.05) is 6.61 Å². The lowest BCUT2D eigenvalue weighted by Crippen LogP contribution is -2.05. The first-order chi connectivity index (χ1) is 7.87. The van der Waals surface area contributed by atoms with Gasteiger partial charge in [-0.3, -0.25) is 4.79 Å². The fourth-order valence-corrected chi connectivity index (χ4v) is 0.332. The third-order valence-corrected chi connectivity index (χ3v) is 0.760. The largest absolute Gasteiger partial charge is 0.502 e. The molecule has 5 nitrogen and oxygen atoms in total. The van der Waals surface area contributed by atoms with Gasteiger partial charge < -0.3 is 14.6 Å². The van der Waals surface area contributed by atoms with Gasteiger partial charge in [-0.2, -0.15) is 0 Å². The molecule has 0 atom stereocenters. The van der Waals surface area contributed by atoms with Gasteiger partial charge in [-0.1, -0.05) is 24.8 Å². The highest BCUT2D eigenvalue weighted by Gasteiger charge is 2.01. The van der Waals surface area contributed by atoms with E-state index in [9.17, 15) is 9.59 Å². The molecule has 98 valence electrons. The Bertz CT molecular complexity index is 261. The molecule has 0 unspecified atom stereocenters. The summed E-state index contributed by atoms with van der Waals surface area (Å²) in [5.41, 5.74) is 1.22. The van der Waals surface area contributed by atoms with E-state index in [1.807, 2.05) is 0 Å². The first kappa shape index (κ1) is 20.6. The lowest BCUT2D eigenvalue weighted by atomic mass is 10.6. The van der Waals surface area contributed by atoms with E-state index >= 15 is 0 Å². The number of esters is 2. The average Bonchev–Trinajstić information content (AvgIpc) is 2.19. The van der Waals surface area contributed by atoms with Crippen LogP contribution in [0.1, 0.15) is 13.8 Å². The topological polar surface area (TPSA) is 72.8 Å². The Morgan fingerprint density at radius 1 is 1.41 bits per heavy atom. The van der Waals surface area contributed by atoms with Gasteiger partial charge in [0.05, 0.1) is 12.9 Å². The van der Waals surface area contributed by atoms with Gasteiger partial charge in [0, 0.05) is 6.92 Å². The Kier molecular flexibility index (Phi) is 20.2. The molecule has 0 amide bonds. The molecule has 0 saturated carbocycles. The van der Waals surface area contributed by atoms with Crippen LogP contribution in [-0.4, -0.2) is 23.7 Å². The van der Waals surface area contributed by atoms with Crippen molar-refractivity contribution in [1.29, 1.82) is 0 Å². The summed E-state index contributed by atoms with van der Waals surface area (Å²) in [6.45, 7) is 12.5. The molecule has 0 aliphatic heterocycles. The zero-order valence-electron chi connectivity index (χ0n) is 9.94. The van der Waals surface area contributed by atoms with Crippen molar-refractivity contribution in [2.24, 2.45) is 0 Å². The van der Waals surface area contributed by atoms with Gasteiger partial charge in [-0.15, -0.1) is 0 Å². The summed E-state index contributed by atoms with van der Waals surface area (Å²) in [6.07, 6.45) is 1.10. The lowest BCUT2D eigenvalue weighted by Gasteiger charge is -1.95. The molecule has 0 spiro atoms. The standard InChI is InChI=1S/C5H8O3.C4H6O2.C2H3Cl/c1-3-8-5(7)4(2)6;1-3-6-4(2)5;1-2-3/h6H,2-3H2,1H3;3H,1H2,2H3;2H,1H2. The van der Waals surface area contributed by atoms with Gasteiger partial charge >= 0.3 is 11.9 Å². The van der Waals surface area contributed by atoms with E-state index in [0.29, 0.717) is 0 Å². The first-order valence-electron chi connectivity index (χ1n) is 4.41. The van der Waals surface area contributed by atoms with Gasteiger partial charge in [-0.05, 0) is 19.0 Å². The second-order valence-corrected chi connectivity index (χ2v) is 2.41. The number of aliphatic hydroxyl groups is 1. The van der Waals surface area contributed by atoms with Gasteiger partial charge in [0.1, 0.15) is 0 Å². The van der Waals surface area contributed by atoms with E-state index < -0.39 is 11.7 Å². The summed E-state index contributed by atoms with van der Waals surface area (Å²) in [6, 6.07) is 0. The molecular formula is C11H17ClO5. The maximum atomic E-state index is 10.2. The van der Waals surface area contributed by atoms with Crippen molar-refractivity contribution in [3.05, 3.63) is 37.3 Å². The summed E-state index contributed by atoms with van der Waals surface area (Å²) in [5.74, 6) is -1.63. The van der Waals surface area contributed by atoms with E-state index in [4.69, 9.17) is 16.7 Å². The average molecular weight is 265 g/mol. The highest BCUT2D eigenvalue weighted by Crippen LogP contribution is 1.85. The van der Waals surface area contributed by atoms with E-state index in [2.05, 4.69) is 29.2 Å². The summed E-state index contributed by atoms with van der Waals surface area (Å²) in [5, 5.41) is 8.28. The molecule has 0 aromatic carbocycles. The van der Waals surface area contributed by atoms with E-state index in [0.717, 1.165) is 6.26 Å². The van der Waals surface area contributed by atoms with Crippen LogP contribution in [0.25, 0.3) is 0 Å². The Balaban J connectivity index is -0.000000193. The molecular weight excluding hydrogens is 248 g/mol. The van der Waals surface area contributed by atoms with Crippen LogP contribution in [-0.2, 0) is 19.1 Å². The second-order valence-electron chi connectivity index (χ2n) is 2.10. The van der Waals surface area contributed by atoms with Crippen LogP contribution >= 0.6 is 11.6 Å².